The second-order valence-electron chi connectivity index (χ2n) is 20.8. The van der Waals surface area contributed by atoms with E-state index in [2.05, 4.69) is 180 Å². The first-order chi connectivity index (χ1) is 43.3. The van der Waals surface area contributed by atoms with Gasteiger partial charge < -0.3 is 41.2 Å². The van der Waals surface area contributed by atoms with Gasteiger partial charge in [0.25, 0.3) is 0 Å². The van der Waals surface area contributed by atoms with Crippen molar-refractivity contribution in [3.05, 3.63) is 294 Å². The molecule has 0 radical (unpaired) electrons. The van der Waals surface area contributed by atoms with Gasteiger partial charge in [-0.25, -0.2) is 0 Å². The van der Waals surface area contributed by atoms with Gasteiger partial charge in [-0.3, -0.25) is 4.79 Å². The third kappa shape index (κ3) is 24.6. The molecule has 0 saturated carbocycles. The minimum Gasteiger partial charge on any atom is -0.493 e. The van der Waals surface area contributed by atoms with Crippen LogP contribution in [0.1, 0.15) is 98.0 Å². The van der Waals surface area contributed by atoms with E-state index in [1.807, 2.05) is 117 Å². The van der Waals surface area contributed by atoms with Gasteiger partial charge >= 0.3 is 180 Å². The van der Waals surface area contributed by atoms with Crippen LogP contribution in [0, 0.1) is 6.92 Å². The monoisotopic (exact) mass is 1340 g/mol. The molecule has 0 saturated heterocycles. The molecule has 9 aromatic rings. The Kier molecular flexibility index (Phi) is 35.9. The third-order valence-corrected chi connectivity index (χ3v) is 25.1. The van der Waals surface area contributed by atoms with E-state index in [1.165, 1.54) is 39.0 Å². The summed E-state index contributed by atoms with van der Waals surface area (Å²) in [5.74, 6) is 2.18. The van der Waals surface area contributed by atoms with Gasteiger partial charge in [0, 0.05) is 29.3 Å². The standard InChI is InChI=1S/C21H22BrP.2C18H21BO3.C15H13BrO2.C4H9.Li/c1-2-18-23(22,19-12-6-3-7-13-19,20-14-8-4-9-15-20)21-16-10-5-11-17-21;2*1-2-3-9-16-14-17(10-11-18(16)19(20)21)22-13-12-15-7-5-4-6-8-15;16-15-7-6-14(10-13(15)11-17)18-9-8-12-4-2-1-3-5-12;1-3-4-2;/h3-17H,2,18H2,1H3;2*3-11,14,20-21H,2,12-13H2,1H3;1-7,10-11H,8-9H2;1,3-4H2,2H3;/q;;;;-1;+1/b;2*9-3+;;;. The third-order valence-electron chi connectivity index (χ3n) is 14.2. The van der Waals surface area contributed by atoms with Crippen LogP contribution in [0.2, 0.25) is 0 Å². The SMILES string of the molecule is CC/C=C/c1cc(OCCc2ccccc2)ccc1B(O)O.CC/C=C/c1cc(OCCc2ccccc2)ccc1B(O)O.CCCP(Br)(c1ccccc1)(c1ccccc1)c1ccccc1.O=Cc1cc(OCCc2ccccc2)ccc1Br.[CH2-]CCC.[Li+]. The van der Waals surface area contributed by atoms with E-state index in [1.54, 1.807) is 30.3 Å². The smallest absolute Gasteiger partial charge is 0.493 e. The summed E-state index contributed by atoms with van der Waals surface area (Å²) in [6.45, 7) is 13.8. The van der Waals surface area contributed by atoms with Crippen molar-refractivity contribution in [3.63, 3.8) is 0 Å². The fourth-order valence-corrected chi connectivity index (χ4v) is 17.9. The first-order valence-corrected chi connectivity index (χ1v) is 35.8. The number of carbonyl (C=O) groups excluding carboxylic acids is 1. The Bertz CT molecular complexity index is 3250. The van der Waals surface area contributed by atoms with Crippen molar-refractivity contribution in [2.75, 3.05) is 26.0 Å². The largest absolute Gasteiger partial charge is 1.00 e. The zero-order chi connectivity index (χ0) is 64.0. The van der Waals surface area contributed by atoms with E-state index in [-0.39, 0.29) is 18.9 Å². The van der Waals surface area contributed by atoms with Gasteiger partial charge in [0.15, 0.2) is 6.29 Å². The molecule has 0 spiro atoms. The number of unbranched alkanes of at least 4 members (excludes halogenated alkanes) is 1. The molecule has 464 valence electrons. The maximum atomic E-state index is 10.8. The Balaban J connectivity index is 0.000000251. The molecule has 9 rings (SSSR count). The van der Waals surface area contributed by atoms with Crippen LogP contribution in [0.4, 0.5) is 0 Å². The number of aldehydes is 1. The van der Waals surface area contributed by atoms with Gasteiger partial charge in [-0.2, -0.15) is 6.42 Å². The minimum atomic E-state index is -2.62. The Morgan fingerprint density at radius 2 is 0.744 bits per heavy atom. The average Bonchev–Trinajstić information content (AvgIpc) is 0.724. The van der Waals surface area contributed by atoms with Crippen molar-refractivity contribution < 1.29 is 58.0 Å². The van der Waals surface area contributed by atoms with E-state index >= 15 is 0 Å². The summed E-state index contributed by atoms with van der Waals surface area (Å²) in [6.07, 6.45) is 17.4. The number of rotatable bonds is 25. The number of benzene rings is 9. The maximum absolute atomic E-state index is 10.8. The predicted molar refractivity (Wildman–Crippen MR) is 387 cm³/mol. The first-order valence-electron chi connectivity index (χ1n) is 30.6. The van der Waals surface area contributed by atoms with Crippen molar-refractivity contribution in [1.29, 1.82) is 0 Å². The number of allylic oxidation sites excluding steroid dienone is 2. The zero-order valence-corrected chi connectivity index (χ0v) is 56.9. The van der Waals surface area contributed by atoms with Crippen LogP contribution >= 0.6 is 36.7 Å². The number of ether oxygens (including phenoxy) is 3. The maximum Gasteiger partial charge on any atom is 1.00 e. The van der Waals surface area contributed by atoms with Crippen LogP contribution < -0.4 is 59.9 Å². The van der Waals surface area contributed by atoms with Crippen molar-refractivity contribution in [1.82, 2.24) is 0 Å². The molecule has 0 heterocycles. The Morgan fingerprint density at radius 1 is 0.444 bits per heavy atom. The van der Waals surface area contributed by atoms with Crippen LogP contribution in [0.15, 0.2) is 253 Å². The molecule has 0 atom stereocenters. The van der Waals surface area contributed by atoms with Gasteiger partial charge in [0.1, 0.15) is 17.2 Å². The Hall–Kier alpha value is -6.51. The minimum absolute atomic E-state index is 0. The Morgan fingerprint density at radius 3 is 1.02 bits per heavy atom. The predicted octanol–water partition coefficient (Wildman–Crippen LogP) is 12.6. The topological polar surface area (TPSA) is 126 Å². The molecular weight excluding hydrogens is 1260 g/mol. The molecule has 0 bridgehead atoms. The number of hydrogen-bond acceptors (Lipinski definition) is 8. The zero-order valence-electron chi connectivity index (χ0n) is 52.9. The van der Waals surface area contributed by atoms with E-state index in [0.717, 1.165) is 90.2 Å². The quantitative estimate of drug-likeness (QED) is 0.0193. The second kappa shape index (κ2) is 42.5. The number of halogens is 2. The van der Waals surface area contributed by atoms with Crippen LogP contribution in [0.25, 0.3) is 12.2 Å². The van der Waals surface area contributed by atoms with Gasteiger partial charge in [-0.15, -0.1) is 0 Å². The molecule has 90 heavy (non-hydrogen) atoms. The molecule has 0 aromatic heterocycles. The fourth-order valence-electron chi connectivity index (χ4n) is 9.50. The van der Waals surface area contributed by atoms with Crippen molar-refractivity contribution in [2.45, 2.75) is 79.1 Å². The van der Waals surface area contributed by atoms with Gasteiger partial charge in [-0.1, -0.05) is 171 Å². The molecule has 0 aliphatic rings. The van der Waals surface area contributed by atoms with Gasteiger partial charge in [0.2, 0.25) is 0 Å². The molecule has 4 N–H and O–H groups in total. The van der Waals surface area contributed by atoms with Crippen LogP contribution in [0.5, 0.6) is 17.2 Å². The Labute approximate surface area is 565 Å². The van der Waals surface area contributed by atoms with E-state index < -0.39 is 19.5 Å². The summed E-state index contributed by atoms with van der Waals surface area (Å²) in [5, 5.41) is 39.2. The molecule has 0 unspecified atom stereocenters. The van der Waals surface area contributed by atoms with Crippen molar-refractivity contribution in [2.24, 2.45) is 0 Å². The molecule has 14 heteroatoms. The number of hydrogen-bond donors (Lipinski definition) is 4. The molecule has 0 fully saturated rings. The average molecular weight is 1350 g/mol. The molecule has 0 aliphatic carbocycles. The summed E-state index contributed by atoms with van der Waals surface area (Å²) in [6, 6.07) is 79.4. The molecule has 0 amide bonds. The molecular formula is C76H86B2Br2LiO8P. The summed E-state index contributed by atoms with van der Waals surface area (Å²) >= 11 is 7.72. The molecule has 9 aromatic carbocycles. The van der Waals surface area contributed by atoms with E-state index in [0.29, 0.717) is 36.3 Å². The normalized spacial score (nSPS) is 11.0. The van der Waals surface area contributed by atoms with Gasteiger partial charge in [-0.05, 0) is 94.0 Å². The molecule has 0 aliphatic heterocycles. The second-order valence-corrected chi connectivity index (χ2v) is 30.7. The van der Waals surface area contributed by atoms with Crippen molar-refractivity contribution >= 4 is 96.2 Å². The van der Waals surface area contributed by atoms with Gasteiger partial charge in [0.05, 0.1) is 19.8 Å². The van der Waals surface area contributed by atoms with Crippen molar-refractivity contribution in [3.8, 4) is 17.2 Å². The summed E-state index contributed by atoms with van der Waals surface area (Å²) in [7, 11) is -2.95. The van der Waals surface area contributed by atoms with Crippen LogP contribution in [-0.2, 0) is 19.3 Å². The van der Waals surface area contributed by atoms with Crippen LogP contribution in [-0.4, -0.2) is 66.6 Å². The summed E-state index contributed by atoms with van der Waals surface area (Å²) < 4.78 is 17.9. The van der Waals surface area contributed by atoms with Crippen LogP contribution in [0.3, 0.4) is 0 Å². The molecule has 8 nitrogen and oxygen atoms in total. The van der Waals surface area contributed by atoms with E-state index in [4.69, 9.17) is 14.2 Å². The first kappa shape index (κ1) is 75.9. The summed E-state index contributed by atoms with van der Waals surface area (Å²) in [4.78, 5) is 10.8. The fraction of sp³-hybridized carbons (Fsp3) is 0.211. The summed E-state index contributed by atoms with van der Waals surface area (Å²) in [5.41, 5.74) is 6.83. The van der Waals surface area contributed by atoms with E-state index in [9.17, 15) is 24.9 Å². The number of carbonyl (C=O) groups is 1.